The number of rotatable bonds is 4. The predicted octanol–water partition coefficient (Wildman–Crippen LogP) is 0.425. The summed E-state index contributed by atoms with van der Waals surface area (Å²) in [6, 6.07) is 1.46. The molecule has 1 heterocycles. The van der Waals surface area contributed by atoms with Crippen molar-refractivity contribution in [3.63, 3.8) is 0 Å². The summed E-state index contributed by atoms with van der Waals surface area (Å²) in [5.41, 5.74) is 0.291. The number of ether oxygens (including phenoxy) is 1. The first-order valence-electron chi connectivity index (χ1n) is 5.50. The fourth-order valence-electron chi connectivity index (χ4n) is 1.46. The van der Waals surface area contributed by atoms with Gasteiger partial charge in [-0.15, -0.1) is 0 Å². The highest BCUT2D eigenvalue weighted by Gasteiger charge is 2.25. The SMILES string of the molecule is COc1nccc(C(=O)N(C)OC)c1C(=O)N(C)C. The zero-order valence-corrected chi connectivity index (χ0v) is 11.6. The van der Waals surface area contributed by atoms with Gasteiger partial charge in [0.1, 0.15) is 5.56 Å². The Morgan fingerprint density at radius 2 is 1.79 bits per heavy atom. The van der Waals surface area contributed by atoms with Crippen LogP contribution < -0.4 is 4.74 Å². The first kappa shape index (κ1) is 14.9. The van der Waals surface area contributed by atoms with Crippen LogP contribution in [0.3, 0.4) is 0 Å². The van der Waals surface area contributed by atoms with Crippen molar-refractivity contribution in [2.75, 3.05) is 35.4 Å². The van der Waals surface area contributed by atoms with Gasteiger partial charge in [0.2, 0.25) is 5.88 Å². The fraction of sp³-hybridized carbons (Fsp3) is 0.417. The van der Waals surface area contributed by atoms with E-state index in [1.165, 1.54) is 38.4 Å². The third-order valence-electron chi connectivity index (χ3n) is 2.52. The summed E-state index contributed by atoms with van der Waals surface area (Å²) in [5, 5.41) is 1.03. The number of carbonyl (C=O) groups excluding carboxylic acids is 2. The summed E-state index contributed by atoms with van der Waals surface area (Å²) < 4.78 is 5.05. The Bertz CT molecular complexity index is 488. The van der Waals surface area contributed by atoms with Crippen LogP contribution in [0.15, 0.2) is 12.3 Å². The van der Waals surface area contributed by atoms with Gasteiger partial charge in [0.15, 0.2) is 0 Å². The van der Waals surface area contributed by atoms with Crippen molar-refractivity contribution in [2.45, 2.75) is 0 Å². The molecule has 0 aromatic carbocycles. The minimum absolute atomic E-state index is 0.106. The molecule has 0 spiro atoms. The number of hydroxylamine groups is 2. The standard InChI is InChI=1S/C12H17N3O4/c1-14(2)12(17)9-8(11(16)15(3)19-5)6-7-13-10(9)18-4/h6-7H,1-5H3. The van der Waals surface area contributed by atoms with Crippen molar-refractivity contribution in [3.05, 3.63) is 23.4 Å². The minimum atomic E-state index is -0.451. The number of methoxy groups -OCH3 is 1. The highest BCUT2D eigenvalue weighted by Crippen LogP contribution is 2.22. The summed E-state index contributed by atoms with van der Waals surface area (Å²) in [6.07, 6.45) is 1.40. The average Bonchev–Trinajstić information content (AvgIpc) is 2.43. The van der Waals surface area contributed by atoms with Crippen molar-refractivity contribution in [1.82, 2.24) is 14.9 Å². The first-order chi connectivity index (χ1) is 8.93. The van der Waals surface area contributed by atoms with Gasteiger partial charge in [-0.05, 0) is 6.07 Å². The average molecular weight is 267 g/mol. The third-order valence-corrected chi connectivity index (χ3v) is 2.52. The molecule has 0 atom stereocenters. The van der Waals surface area contributed by atoms with Crippen LogP contribution in [0.25, 0.3) is 0 Å². The van der Waals surface area contributed by atoms with E-state index >= 15 is 0 Å². The summed E-state index contributed by atoms with van der Waals surface area (Å²) in [4.78, 5) is 34.4. The van der Waals surface area contributed by atoms with Crippen LogP contribution in [-0.2, 0) is 4.84 Å². The van der Waals surface area contributed by atoms with Crippen molar-refractivity contribution >= 4 is 11.8 Å². The molecule has 1 aromatic rings. The maximum Gasteiger partial charge on any atom is 0.278 e. The van der Waals surface area contributed by atoms with Gasteiger partial charge < -0.3 is 9.64 Å². The van der Waals surface area contributed by atoms with Gasteiger partial charge in [-0.3, -0.25) is 14.4 Å². The number of aromatic nitrogens is 1. The van der Waals surface area contributed by atoms with Gasteiger partial charge >= 0.3 is 0 Å². The highest BCUT2D eigenvalue weighted by molar-refractivity contribution is 6.08. The van der Waals surface area contributed by atoms with E-state index in [1.807, 2.05) is 0 Å². The van der Waals surface area contributed by atoms with E-state index in [4.69, 9.17) is 9.57 Å². The van der Waals surface area contributed by atoms with E-state index in [9.17, 15) is 9.59 Å². The van der Waals surface area contributed by atoms with E-state index in [2.05, 4.69) is 4.98 Å². The molecule has 7 nitrogen and oxygen atoms in total. The molecule has 2 amide bonds. The highest BCUT2D eigenvalue weighted by atomic mass is 16.7. The van der Waals surface area contributed by atoms with Crippen molar-refractivity contribution in [3.8, 4) is 5.88 Å². The zero-order valence-electron chi connectivity index (χ0n) is 11.6. The molecule has 1 rings (SSSR count). The number of hydrogen-bond acceptors (Lipinski definition) is 5. The largest absolute Gasteiger partial charge is 0.480 e. The van der Waals surface area contributed by atoms with Gasteiger partial charge in [0.05, 0.1) is 19.8 Å². The van der Waals surface area contributed by atoms with Crippen LogP contribution in [0, 0.1) is 0 Å². The number of carbonyl (C=O) groups is 2. The van der Waals surface area contributed by atoms with E-state index in [1.54, 1.807) is 14.1 Å². The quantitative estimate of drug-likeness (QED) is 0.739. The summed E-state index contributed by atoms with van der Waals surface area (Å²) in [6.45, 7) is 0. The zero-order chi connectivity index (χ0) is 14.6. The van der Waals surface area contributed by atoms with Crippen LogP contribution in [0.4, 0.5) is 0 Å². The molecule has 0 radical (unpaired) electrons. The van der Waals surface area contributed by atoms with Crippen LogP contribution in [0.5, 0.6) is 5.88 Å². The van der Waals surface area contributed by atoms with E-state index in [-0.39, 0.29) is 22.9 Å². The molecule has 0 aliphatic rings. The number of amides is 2. The molecule has 0 fully saturated rings. The Kier molecular flexibility index (Phi) is 4.82. The molecule has 104 valence electrons. The monoisotopic (exact) mass is 267 g/mol. The van der Waals surface area contributed by atoms with Gasteiger partial charge in [0, 0.05) is 27.3 Å². The molecule has 0 N–H and O–H groups in total. The molecule has 1 aromatic heterocycles. The Balaban J connectivity index is 3.39. The molecule has 0 unspecified atom stereocenters. The Morgan fingerprint density at radius 3 is 2.26 bits per heavy atom. The second kappa shape index (κ2) is 6.14. The third kappa shape index (κ3) is 3.00. The molecular weight excluding hydrogens is 250 g/mol. The normalized spacial score (nSPS) is 9.95. The van der Waals surface area contributed by atoms with Crippen molar-refractivity contribution in [1.29, 1.82) is 0 Å². The smallest absolute Gasteiger partial charge is 0.278 e. The van der Waals surface area contributed by atoms with Crippen molar-refractivity contribution in [2.24, 2.45) is 0 Å². The van der Waals surface area contributed by atoms with Crippen LogP contribution >= 0.6 is 0 Å². The van der Waals surface area contributed by atoms with Crippen molar-refractivity contribution < 1.29 is 19.2 Å². The maximum absolute atomic E-state index is 12.2. The number of nitrogens with zero attached hydrogens (tertiary/aromatic N) is 3. The summed E-state index contributed by atoms with van der Waals surface area (Å²) >= 11 is 0. The molecule has 19 heavy (non-hydrogen) atoms. The van der Waals surface area contributed by atoms with E-state index in [0.29, 0.717) is 0 Å². The van der Waals surface area contributed by atoms with E-state index in [0.717, 1.165) is 5.06 Å². The molecule has 0 saturated heterocycles. The minimum Gasteiger partial charge on any atom is -0.480 e. The fourth-order valence-corrected chi connectivity index (χ4v) is 1.46. The van der Waals surface area contributed by atoms with Gasteiger partial charge in [-0.2, -0.15) is 0 Å². The molecule has 7 heteroatoms. The molecule has 0 aliphatic carbocycles. The Labute approximate surface area is 111 Å². The second-order valence-corrected chi connectivity index (χ2v) is 3.93. The van der Waals surface area contributed by atoms with Crippen LogP contribution in [0.2, 0.25) is 0 Å². The molecular formula is C12H17N3O4. The lowest BCUT2D eigenvalue weighted by atomic mass is 10.1. The second-order valence-electron chi connectivity index (χ2n) is 3.93. The topological polar surface area (TPSA) is 72.0 Å². The molecule has 0 bridgehead atoms. The van der Waals surface area contributed by atoms with Gasteiger partial charge in [-0.25, -0.2) is 10.0 Å². The lowest BCUT2D eigenvalue weighted by molar-refractivity contribution is -0.0757. The lowest BCUT2D eigenvalue weighted by Crippen LogP contribution is -2.30. The Morgan fingerprint density at radius 1 is 1.16 bits per heavy atom. The molecule has 0 aliphatic heterocycles. The summed E-state index contributed by atoms with van der Waals surface area (Å²) in [7, 11) is 7.39. The van der Waals surface area contributed by atoms with Gasteiger partial charge in [0.25, 0.3) is 11.8 Å². The first-order valence-corrected chi connectivity index (χ1v) is 5.50. The Hall–Kier alpha value is -2.15. The number of pyridine rings is 1. The van der Waals surface area contributed by atoms with Crippen LogP contribution in [0.1, 0.15) is 20.7 Å². The van der Waals surface area contributed by atoms with Gasteiger partial charge in [-0.1, -0.05) is 0 Å². The van der Waals surface area contributed by atoms with E-state index < -0.39 is 5.91 Å². The van der Waals surface area contributed by atoms with Crippen LogP contribution in [-0.4, -0.2) is 62.1 Å². The molecule has 0 saturated carbocycles. The lowest BCUT2D eigenvalue weighted by Gasteiger charge is -2.18. The summed E-state index contributed by atoms with van der Waals surface area (Å²) in [5.74, 6) is -0.708. The predicted molar refractivity (Wildman–Crippen MR) is 67.9 cm³/mol. The number of hydrogen-bond donors (Lipinski definition) is 0. The maximum atomic E-state index is 12.2.